The largest absolute Gasteiger partial charge is 0.507 e. The van der Waals surface area contributed by atoms with Gasteiger partial charge in [-0.15, -0.1) is 0 Å². The molecule has 0 aliphatic carbocycles. The summed E-state index contributed by atoms with van der Waals surface area (Å²) >= 11 is 0. The van der Waals surface area contributed by atoms with Crippen LogP contribution in [0.15, 0.2) is 42.5 Å². The van der Waals surface area contributed by atoms with Crippen molar-refractivity contribution in [2.45, 2.75) is 33.4 Å². The topological polar surface area (TPSA) is 32.3 Å². The highest BCUT2D eigenvalue weighted by Gasteiger charge is 2.09. The second kappa shape index (κ2) is 5.89. The van der Waals surface area contributed by atoms with Gasteiger partial charge in [-0.1, -0.05) is 42.5 Å². The van der Waals surface area contributed by atoms with Crippen molar-refractivity contribution in [1.82, 2.24) is 5.32 Å². The second-order valence-electron chi connectivity index (χ2n) is 5.04. The summed E-state index contributed by atoms with van der Waals surface area (Å²) in [6, 6.07) is 14.5. The molecule has 0 radical (unpaired) electrons. The van der Waals surface area contributed by atoms with Crippen molar-refractivity contribution in [3.05, 3.63) is 64.7 Å². The van der Waals surface area contributed by atoms with Gasteiger partial charge < -0.3 is 10.4 Å². The highest BCUT2D eigenvalue weighted by atomic mass is 16.3. The van der Waals surface area contributed by atoms with Gasteiger partial charge >= 0.3 is 0 Å². The first-order valence-corrected chi connectivity index (χ1v) is 6.66. The van der Waals surface area contributed by atoms with Gasteiger partial charge in [-0.3, -0.25) is 0 Å². The number of rotatable bonds is 4. The molecule has 0 aliphatic heterocycles. The molecule has 0 bridgehead atoms. The second-order valence-corrected chi connectivity index (χ2v) is 5.04. The third kappa shape index (κ3) is 3.15. The van der Waals surface area contributed by atoms with E-state index < -0.39 is 0 Å². The van der Waals surface area contributed by atoms with Gasteiger partial charge in [0, 0.05) is 18.2 Å². The fourth-order valence-electron chi connectivity index (χ4n) is 2.31. The van der Waals surface area contributed by atoms with E-state index in [1.165, 1.54) is 11.1 Å². The molecule has 0 spiro atoms. The number of aryl methyl sites for hydroxylation is 2. The number of hydrogen-bond acceptors (Lipinski definition) is 2. The number of aromatic hydroxyl groups is 1. The van der Waals surface area contributed by atoms with Crippen molar-refractivity contribution < 1.29 is 5.11 Å². The summed E-state index contributed by atoms with van der Waals surface area (Å²) in [6.45, 7) is 6.86. The molecule has 2 aromatic rings. The Kier molecular flexibility index (Phi) is 4.23. The number of nitrogens with one attached hydrogen (secondary N) is 1. The molecule has 0 aromatic heterocycles. The van der Waals surface area contributed by atoms with E-state index in [-0.39, 0.29) is 6.04 Å². The molecular weight excluding hydrogens is 234 g/mol. The Morgan fingerprint density at radius 1 is 1.00 bits per heavy atom. The summed E-state index contributed by atoms with van der Waals surface area (Å²) in [7, 11) is 0. The number of phenols is 1. The van der Waals surface area contributed by atoms with Crippen molar-refractivity contribution in [2.75, 3.05) is 0 Å². The van der Waals surface area contributed by atoms with E-state index in [9.17, 15) is 5.11 Å². The van der Waals surface area contributed by atoms with E-state index in [1.54, 1.807) is 0 Å². The highest BCUT2D eigenvalue weighted by Crippen LogP contribution is 2.23. The lowest BCUT2D eigenvalue weighted by atomic mass is 10.0. The predicted molar refractivity (Wildman–Crippen MR) is 79.3 cm³/mol. The van der Waals surface area contributed by atoms with E-state index in [0.29, 0.717) is 12.3 Å². The molecule has 0 amide bonds. The number of benzene rings is 2. The van der Waals surface area contributed by atoms with Gasteiger partial charge in [0.2, 0.25) is 0 Å². The zero-order valence-corrected chi connectivity index (χ0v) is 11.8. The van der Waals surface area contributed by atoms with Crippen LogP contribution in [0, 0.1) is 13.8 Å². The molecule has 2 aromatic carbocycles. The van der Waals surface area contributed by atoms with Crippen LogP contribution in [0.4, 0.5) is 0 Å². The maximum absolute atomic E-state index is 10.00. The van der Waals surface area contributed by atoms with Gasteiger partial charge in [0.15, 0.2) is 0 Å². The van der Waals surface area contributed by atoms with Gasteiger partial charge in [0.1, 0.15) is 5.75 Å². The average Bonchev–Trinajstić information content (AvgIpc) is 2.40. The summed E-state index contributed by atoms with van der Waals surface area (Å²) < 4.78 is 0. The van der Waals surface area contributed by atoms with Crippen LogP contribution in [0.2, 0.25) is 0 Å². The molecule has 19 heavy (non-hydrogen) atoms. The van der Waals surface area contributed by atoms with E-state index in [0.717, 1.165) is 11.1 Å². The normalized spacial score (nSPS) is 12.4. The third-order valence-corrected chi connectivity index (χ3v) is 3.57. The van der Waals surface area contributed by atoms with Gasteiger partial charge in [0.25, 0.3) is 0 Å². The molecule has 0 heterocycles. The zero-order chi connectivity index (χ0) is 13.8. The van der Waals surface area contributed by atoms with Gasteiger partial charge in [-0.05, 0) is 37.5 Å². The molecule has 2 nitrogen and oxygen atoms in total. The average molecular weight is 255 g/mol. The van der Waals surface area contributed by atoms with Crippen LogP contribution < -0.4 is 5.32 Å². The van der Waals surface area contributed by atoms with Crippen LogP contribution in [0.3, 0.4) is 0 Å². The first-order chi connectivity index (χ1) is 9.09. The molecule has 0 saturated heterocycles. The first kappa shape index (κ1) is 13.6. The van der Waals surface area contributed by atoms with Crippen molar-refractivity contribution >= 4 is 0 Å². The van der Waals surface area contributed by atoms with Crippen LogP contribution in [0.1, 0.15) is 35.2 Å². The molecule has 2 rings (SSSR count). The van der Waals surface area contributed by atoms with Crippen molar-refractivity contribution in [1.29, 1.82) is 0 Å². The first-order valence-electron chi connectivity index (χ1n) is 6.66. The number of hydrogen-bond donors (Lipinski definition) is 2. The molecule has 0 fully saturated rings. The van der Waals surface area contributed by atoms with E-state index in [1.807, 2.05) is 25.1 Å². The molecule has 100 valence electrons. The highest BCUT2D eigenvalue weighted by molar-refractivity contribution is 5.39. The Morgan fingerprint density at radius 3 is 2.42 bits per heavy atom. The Hall–Kier alpha value is -1.80. The Balaban J connectivity index is 2.07. The molecule has 0 unspecified atom stereocenters. The minimum atomic E-state index is 0.265. The SMILES string of the molecule is Cc1ccccc1[C@@H](C)NCc1cccc(C)c1O. The predicted octanol–water partition coefficient (Wildman–Crippen LogP) is 3.86. The number of para-hydroxylation sites is 1. The van der Waals surface area contributed by atoms with Gasteiger partial charge in [-0.2, -0.15) is 0 Å². The van der Waals surface area contributed by atoms with Crippen molar-refractivity contribution in [2.24, 2.45) is 0 Å². The van der Waals surface area contributed by atoms with Gasteiger partial charge in [-0.25, -0.2) is 0 Å². The summed E-state index contributed by atoms with van der Waals surface area (Å²) in [4.78, 5) is 0. The molecule has 0 aliphatic rings. The minimum absolute atomic E-state index is 0.265. The van der Waals surface area contributed by atoms with Crippen molar-refractivity contribution in [3.63, 3.8) is 0 Å². The smallest absolute Gasteiger partial charge is 0.122 e. The standard InChI is InChI=1S/C17H21NO/c1-12-7-4-5-10-16(12)14(3)18-11-15-9-6-8-13(2)17(15)19/h4-10,14,18-19H,11H2,1-3H3/t14-/m1/s1. The minimum Gasteiger partial charge on any atom is -0.507 e. The lowest BCUT2D eigenvalue weighted by molar-refractivity contribution is 0.456. The van der Waals surface area contributed by atoms with Crippen LogP contribution in [0.25, 0.3) is 0 Å². The summed E-state index contributed by atoms with van der Waals surface area (Å²) in [6.07, 6.45) is 0. The van der Waals surface area contributed by atoms with Crippen LogP contribution in [-0.2, 0) is 6.54 Å². The van der Waals surface area contributed by atoms with Crippen LogP contribution in [0.5, 0.6) is 5.75 Å². The quantitative estimate of drug-likeness (QED) is 0.869. The zero-order valence-electron chi connectivity index (χ0n) is 11.8. The molecule has 2 heteroatoms. The number of phenolic OH excluding ortho intramolecular Hbond substituents is 1. The third-order valence-electron chi connectivity index (χ3n) is 3.57. The van der Waals surface area contributed by atoms with Crippen molar-refractivity contribution in [3.8, 4) is 5.75 Å². The van der Waals surface area contributed by atoms with Gasteiger partial charge in [0.05, 0.1) is 0 Å². The van der Waals surface area contributed by atoms with E-state index in [2.05, 4.69) is 43.4 Å². The molecule has 2 N–H and O–H groups in total. The van der Waals surface area contributed by atoms with E-state index in [4.69, 9.17) is 0 Å². The molecular formula is C17H21NO. The maximum Gasteiger partial charge on any atom is 0.122 e. The van der Waals surface area contributed by atoms with E-state index >= 15 is 0 Å². The monoisotopic (exact) mass is 255 g/mol. The van der Waals surface area contributed by atoms with Crippen LogP contribution >= 0.6 is 0 Å². The maximum atomic E-state index is 10.00. The Labute approximate surface area is 115 Å². The lowest BCUT2D eigenvalue weighted by Crippen LogP contribution is -2.19. The lowest BCUT2D eigenvalue weighted by Gasteiger charge is -2.17. The Morgan fingerprint density at radius 2 is 1.68 bits per heavy atom. The van der Waals surface area contributed by atoms with Crippen LogP contribution in [-0.4, -0.2) is 5.11 Å². The summed E-state index contributed by atoms with van der Waals surface area (Å²) in [5, 5.41) is 13.5. The molecule has 0 saturated carbocycles. The summed E-state index contributed by atoms with van der Waals surface area (Å²) in [5.41, 5.74) is 4.45. The fraction of sp³-hybridized carbons (Fsp3) is 0.294. The summed E-state index contributed by atoms with van der Waals surface area (Å²) in [5.74, 6) is 0.395. The fourth-order valence-corrected chi connectivity index (χ4v) is 2.31. The molecule has 1 atom stereocenters. The Bertz CT molecular complexity index is 563.